The standard InChI is InChI=1S/C53H43N/c1-5-7-16-35(6-2)36-25-27-37(28-26-36)54(38-29-31-44-40-17-8-12-21-46(40)52(3,4)50(44)33-38)39-30-32-45-43-20-11-15-24-49(43)53(51(45)34-39)47-22-13-9-18-41(47)42-19-10-14-23-48(42)53/h6-34H,5H2,1-4H3/b16-7-,35-6+. The Labute approximate surface area is 319 Å². The van der Waals surface area contributed by atoms with E-state index in [0.717, 1.165) is 23.5 Å². The summed E-state index contributed by atoms with van der Waals surface area (Å²) in [6, 6.07) is 59.6. The van der Waals surface area contributed by atoms with Gasteiger partial charge in [0, 0.05) is 22.5 Å². The maximum absolute atomic E-state index is 2.50. The lowest BCUT2D eigenvalue weighted by atomic mass is 9.70. The van der Waals surface area contributed by atoms with Crippen molar-refractivity contribution >= 4 is 22.6 Å². The van der Waals surface area contributed by atoms with E-state index in [1.807, 2.05) is 0 Å². The van der Waals surface area contributed by atoms with E-state index in [4.69, 9.17) is 0 Å². The minimum atomic E-state index is -0.404. The van der Waals surface area contributed by atoms with Crippen LogP contribution in [0.25, 0.3) is 39.0 Å². The molecule has 0 atom stereocenters. The monoisotopic (exact) mass is 693 g/mol. The van der Waals surface area contributed by atoms with Crippen molar-refractivity contribution in [2.45, 2.75) is 44.9 Å². The second-order valence-corrected chi connectivity index (χ2v) is 15.5. The Kier molecular flexibility index (Phi) is 7.33. The minimum Gasteiger partial charge on any atom is -0.310 e. The van der Waals surface area contributed by atoms with Gasteiger partial charge >= 0.3 is 0 Å². The summed E-state index contributed by atoms with van der Waals surface area (Å²) in [4.78, 5) is 2.48. The van der Waals surface area contributed by atoms with Gasteiger partial charge in [-0.15, -0.1) is 0 Å². The van der Waals surface area contributed by atoms with E-state index in [1.165, 1.54) is 77.9 Å². The summed E-state index contributed by atoms with van der Waals surface area (Å²) in [7, 11) is 0. The first-order valence-electron chi connectivity index (χ1n) is 19.4. The fourth-order valence-corrected chi connectivity index (χ4v) is 9.91. The second-order valence-electron chi connectivity index (χ2n) is 15.5. The third kappa shape index (κ3) is 4.45. The van der Waals surface area contributed by atoms with Crippen molar-refractivity contribution in [3.05, 3.63) is 215 Å². The summed E-state index contributed by atoms with van der Waals surface area (Å²) in [5, 5.41) is 0. The molecule has 0 saturated carbocycles. The first-order valence-corrected chi connectivity index (χ1v) is 19.4. The molecular formula is C53H43N. The van der Waals surface area contributed by atoms with Gasteiger partial charge in [-0.1, -0.05) is 160 Å². The van der Waals surface area contributed by atoms with Gasteiger partial charge in [0.15, 0.2) is 0 Å². The summed E-state index contributed by atoms with van der Waals surface area (Å²) in [6.07, 6.45) is 7.69. The Morgan fingerprint density at radius 1 is 0.481 bits per heavy atom. The number of allylic oxidation sites excluding steroid dienone is 4. The van der Waals surface area contributed by atoms with E-state index in [-0.39, 0.29) is 5.41 Å². The third-order valence-corrected chi connectivity index (χ3v) is 12.4. The third-order valence-electron chi connectivity index (χ3n) is 12.4. The maximum Gasteiger partial charge on any atom is 0.0726 e. The summed E-state index contributed by atoms with van der Waals surface area (Å²) in [5.41, 5.74) is 21.5. The summed E-state index contributed by atoms with van der Waals surface area (Å²) in [5.74, 6) is 0. The number of fused-ring (bicyclic) bond motifs is 13. The van der Waals surface area contributed by atoms with Crippen LogP contribution in [0, 0.1) is 0 Å². The van der Waals surface area contributed by atoms with E-state index >= 15 is 0 Å². The van der Waals surface area contributed by atoms with Gasteiger partial charge in [-0.2, -0.15) is 0 Å². The molecule has 54 heavy (non-hydrogen) atoms. The van der Waals surface area contributed by atoms with Gasteiger partial charge in [0.05, 0.1) is 5.41 Å². The molecule has 0 aromatic heterocycles. The highest BCUT2D eigenvalue weighted by molar-refractivity contribution is 5.96. The molecule has 3 aliphatic carbocycles. The van der Waals surface area contributed by atoms with Gasteiger partial charge in [-0.25, -0.2) is 0 Å². The molecule has 0 heterocycles. The van der Waals surface area contributed by atoms with Gasteiger partial charge < -0.3 is 4.90 Å². The molecule has 7 aromatic carbocycles. The van der Waals surface area contributed by atoms with Crippen LogP contribution in [0.3, 0.4) is 0 Å². The number of hydrogen-bond donors (Lipinski definition) is 0. The van der Waals surface area contributed by atoms with Gasteiger partial charge in [-0.3, -0.25) is 0 Å². The zero-order valence-electron chi connectivity index (χ0n) is 31.4. The normalized spacial score (nSPS) is 15.1. The number of benzene rings is 7. The van der Waals surface area contributed by atoms with E-state index in [1.54, 1.807) is 0 Å². The molecular weight excluding hydrogens is 651 g/mol. The first kappa shape index (κ1) is 32.5. The van der Waals surface area contributed by atoms with Crippen molar-refractivity contribution in [1.29, 1.82) is 0 Å². The lowest BCUT2D eigenvalue weighted by Crippen LogP contribution is -2.26. The topological polar surface area (TPSA) is 3.24 Å². The second kappa shape index (κ2) is 12.2. The maximum atomic E-state index is 2.50. The van der Waals surface area contributed by atoms with Crippen LogP contribution in [0.1, 0.15) is 73.1 Å². The SMILES string of the molecule is C/C=C(\C=C/CC)c1ccc(N(c2ccc3c(c2)C(C)(C)c2ccccc2-3)c2ccc3c(c2)C2(c4ccccc4-c4ccccc42)c2ccccc2-3)cc1. The molecule has 0 N–H and O–H groups in total. The number of hydrogen-bond acceptors (Lipinski definition) is 1. The largest absolute Gasteiger partial charge is 0.310 e. The Bertz CT molecular complexity index is 2620. The van der Waals surface area contributed by atoms with Crippen molar-refractivity contribution < 1.29 is 0 Å². The van der Waals surface area contributed by atoms with Crippen molar-refractivity contribution in [3.63, 3.8) is 0 Å². The molecule has 7 aromatic rings. The molecule has 0 fully saturated rings. The zero-order valence-corrected chi connectivity index (χ0v) is 31.4. The number of nitrogens with zero attached hydrogens (tertiary/aromatic N) is 1. The molecule has 0 saturated heterocycles. The van der Waals surface area contributed by atoms with Crippen LogP contribution in [0.5, 0.6) is 0 Å². The van der Waals surface area contributed by atoms with Crippen LogP contribution >= 0.6 is 0 Å². The van der Waals surface area contributed by atoms with E-state index in [2.05, 4.69) is 209 Å². The molecule has 1 spiro atoms. The molecule has 10 rings (SSSR count). The van der Waals surface area contributed by atoms with Crippen molar-refractivity contribution in [1.82, 2.24) is 0 Å². The fourth-order valence-electron chi connectivity index (χ4n) is 9.91. The smallest absolute Gasteiger partial charge is 0.0726 e. The number of anilines is 3. The predicted molar refractivity (Wildman–Crippen MR) is 228 cm³/mol. The highest BCUT2D eigenvalue weighted by Gasteiger charge is 2.51. The highest BCUT2D eigenvalue weighted by atomic mass is 15.1. The van der Waals surface area contributed by atoms with E-state index in [0.29, 0.717) is 0 Å². The quantitative estimate of drug-likeness (QED) is 0.157. The Hall–Kier alpha value is -6.18. The van der Waals surface area contributed by atoms with Crippen LogP contribution < -0.4 is 4.90 Å². The van der Waals surface area contributed by atoms with E-state index < -0.39 is 5.41 Å². The van der Waals surface area contributed by atoms with Crippen LogP contribution in [-0.4, -0.2) is 0 Å². The van der Waals surface area contributed by atoms with Crippen LogP contribution in [0.2, 0.25) is 0 Å². The van der Waals surface area contributed by atoms with E-state index in [9.17, 15) is 0 Å². The average molecular weight is 694 g/mol. The predicted octanol–water partition coefficient (Wildman–Crippen LogP) is 14.2. The highest BCUT2D eigenvalue weighted by Crippen LogP contribution is 2.63. The zero-order chi connectivity index (χ0) is 36.6. The summed E-state index contributed by atoms with van der Waals surface area (Å²) >= 11 is 0. The van der Waals surface area contributed by atoms with Crippen LogP contribution in [-0.2, 0) is 10.8 Å². The molecule has 1 heteroatoms. The van der Waals surface area contributed by atoms with Crippen molar-refractivity contribution in [2.24, 2.45) is 0 Å². The average Bonchev–Trinajstić information content (AvgIpc) is 3.77. The minimum absolute atomic E-state index is 0.106. The Balaban J connectivity index is 1.21. The lowest BCUT2D eigenvalue weighted by Gasteiger charge is -2.32. The Morgan fingerprint density at radius 3 is 1.43 bits per heavy atom. The summed E-state index contributed by atoms with van der Waals surface area (Å²) in [6.45, 7) is 9.05. The molecule has 0 radical (unpaired) electrons. The first-order chi connectivity index (χ1) is 26.5. The Morgan fingerprint density at radius 2 is 0.907 bits per heavy atom. The van der Waals surface area contributed by atoms with Crippen molar-refractivity contribution in [3.8, 4) is 33.4 Å². The molecule has 3 aliphatic rings. The molecule has 0 amide bonds. The number of rotatable bonds is 6. The molecule has 0 aliphatic heterocycles. The fraction of sp³-hybridized carbons (Fsp3) is 0.132. The van der Waals surface area contributed by atoms with Gasteiger partial charge in [0.2, 0.25) is 0 Å². The van der Waals surface area contributed by atoms with Gasteiger partial charge in [-0.05, 0) is 128 Å². The lowest BCUT2D eigenvalue weighted by molar-refractivity contribution is 0.660. The molecule has 0 unspecified atom stereocenters. The molecule has 260 valence electrons. The van der Waals surface area contributed by atoms with Crippen LogP contribution in [0.4, 0.5) is 17.1 Å². The summed E-state index contributed by atoms with van der Waals surface area (Å²) < 4.78 is 0. The van der Waals surface area contributed by atoms with Crippen molar-refractivity contribution in [2.75, 3.05) is 4.90 Å². The molecule has 1 nitrogen and oxygen atoms in total. The van der Waals surface area contributed by atoms with Gasteiger partial charge in [0.1, 0.15) is 0 Å². The van der Waals surface area contributed by atoms with Gasteiger partial charge in [0.25, 0.3) is 0 Å². The van der Waals surface area contributed by atoms with Crippen LogP contribution in [0.15, 0.2) is 176 Å². The molecule has 0 bridgehead atoms.